The summed E-state index contributed by atoms with van der Waals surface area (Å²) >= 11 is 0. The molecule has 0 aliphatic rings. The number of nitrogens with zero attached hydrogens (tertiary/aromatic N) is 3. The van der Waals surface area contributed by atoms with Gasteiger partial charge < -0.3 is 15.3 Å². The normalized spacial score (nSPS) is 10.4. The third-order valence-corrected chi connectivity index (χ3v) is 3.05. The number of carbonyl (C=O) groups excluding carboxylic acids is 1. The van der Waals surface area contributed by atoms with Crippen molar-refractivity contribution in [2.75, 3.05) is 26.0 Å². The number of carbonyl (C=O) groups is 1. The number of nitrogens with one attached hydrogen (secondary N) is 1. The minimum absolute atomic E-state index is 0.00756. The summed E-state index contributed by atoms with van der Waals surface area (Å²) < 4.78 is 1.70. The molecule has 0 aliphatic carbocycles. The Labute approximate surface area is 124 Å². The summed E-state index contributed by atoms with van der Waals surface area (Å²) in [6.07, 6.45) is 3.67. The van der Waals surface area contributed by atoms with Crippen LogP contribution < -0.4 is 5.32 Å². The van der Waals surface area contributed by atoms with E-state index >= 15 is 0 Å². The molecule has 0 bridgehead atoms. The number of aliphatic hydroxyl groups is 1. The molecule has 2 N–H and O–H groups in total. The quantitative estimate of drug-likeness (QED) is 0.837. The van der Waals surface area contributed by atoms with Crippen LogP contribution in [0, 0.1) is 0 Å². The number of amides is 1. The zero-order valence-corrected chi connectivity index (χ0v) is 12.3. The van der Waals surface area contributed by atoms with Gasteiger partial charge in [-0.25, -0.2) is 0 Å². The Hall–Kier alpha value is -2.34. The molecule has 1 aromatic heterocycles. The van der Waals surface area contributed by atoms with Crippen LogP contribution in [0.1, 0.15) is 15.9 Å². The molecule has 6 nitrogen and oxygen atoms in total. The van der Waals surface area contributed by atoms with Gasteiger partial charge in [-0.3, -0.25) is 9.48 Å². The van der Waals surface area contributed by atoms with Crippen molar-refractivity contribution in [2.45, 2.75) is 13.1 Å². The molecule has 0 fully saturated rings. The molecule has 0 radical (unpaired) electrons. The van der Waals surface area contributed by atoms with E-state index in [1.165, 1.54) is 0 Å². The molecule has 1 heterocycles. The third-order valence-electron chi connectivity index (χ3n) is 3.05. The first-order valence-corrected chi connectivity index (χ1v) is 6.78. The number of aromatic nitrogens is 2. The number of hydrogen-bond donors (Lipinski definition) is 2. The topological polar surface area (TPSA) is 70.4 Å². The summed E-state index contributed by atoms with van der Waals surface area (Å²) in [7, 11) is 3.47. The van der Waals surface area contributed by atoms with Crippen molar-refractivity contribution in [1.29, 1.82) is 0 Å². The van der Waals surface area contributed by atoms with Gasteiger partial charge in [-0.05, 0) is 24.3 Å². The second kappa shape index (κ2) is 6.90. The second-order valence-electron chi connectivity index (χ2n) is 4.97. The lowest BCUT2D eigenvalue weighted by Gasteiger charge is -2.11. The first-order chi connectivity index (χ1) is 10.1. The highest BCUT2D eigenvalue weighted by Gasteiger charge is 2.07. The molecular weight excluding hydrogens is 268 g/mol. The van der Waals surface area contributed by atoms with E-state index in [0.717, 1.165) is 11.3 Å². The molecular formula is C15H20N4O2. The fourth-order valence-electron chi connectivity index (χ4n) is 1.92. The van der Waals surface area contributed by atoms with Gasteiger partial charge >= 0.3 is 0 Å². The maximum atomic E-state index is 11.8. The van der Waals surface area contributed by atoms with Gasteiger partial charge in [0.05, 0.1) is 19.3 Å². The smallest absolute Gasteiger partial charge is 0.253 e. The summed E-state index contributed by atoms with van der Waals surface area (Å²) in [5.74, 6) is -0.00756. The van der Waals surface area contributed by atoms with Crippen molar-refractivity contribution in [3.8, 4) is 0 Å². The number of hydrogen-bond acceptors (Lipinski definition) is 4. The fourth-order valence-corrected chi connectivity index (χ4v) is 1.92. The largest absolute Gasteiger partial charge is 0.394 e. The van der Waals surface area contributed by atoms with E-state index in [9.17, 15) is 4.79 Å². The van der Waals surface area contributed by atoms with E-state index < -0.39 is 0 Å². The number of benzene rings is 1. The second-order valence-corrected chi connectivity index (χ2v) is 4.97. The lowest BCUT2D eigenvalue weighted by Crippen LogP contribution is -2.21. The van der Waals surface area contributed by atoms with Crippen molar-refractivity contribution in [2.24, 2.45) is 0 Å². The average Bonchev–Trinajstić information content (AvgIpc) is 2.93. The van der Waals surface area contributed by atoms with Crippen molar-refractivity contribution in [1.82, 2.24) is 14.7 Å². The molecule has 0 spiro atoms. The zero-order valence-electron chi connectivity index (χ0n) is 12.3. The van der Waals surface area contributed by atoms with Crippen LogP contribution in [0.4, 0.5) is 5.69 Å². The molecule has 6 heteroatoms. The maximum absolute atomic E-state index is 11.8. The molecule has 0 saturated carbocycles. The van der Waals surface area contributed by atoms with E-state index in [-0.39, 0.29) is 12.5 Å². The minimum Gasteiger partial charge on any atom is -0.394 e. The highest BCUT2D eigenvalue weighted by molar-refractivity contribution is 5.94. The Balaban J connectivity index is 1.92. The SMILES string of the molecule is CN(C)C(=O)c1ccc(NCc2cnn(CCO)c2)cc1. The minimum atomic E-state index is -0.00756. The molecule has 2 aromatic rings. The van der Waals surface area contributed by atoms with E-state index in [1.54, 1.807) is 42.0 Å². The van der Waals surface area contributed by atoms with Crippen LogP contribution in [-0.2, 0) is 13.1 Å². The van der Waals surface area contributed by atoms with Gasteiger partial charge in [-0.15, -0.1) is 0 Å². The van der Waals surface area contributed by atoms with E-state index in [4.69, 9.17) is 5.11 Å². The Morgan fingerprint density at radius 1 is 1.33 bits per heavy atom. The van der Waals surface area contributed by atoms with Crippen LogP contribution in [0.5, 0.6) is 0 Å². The van der Waals surface area contributed by atoms with E-state index in [2.05, 4.69) is 10.4 Å². The van der Waals surface area contributed by atoms with Crippen LogP contribution in [0.2, 0.25) is 0 Å². The predicted molar refractivity (Wildman–Crippen MR) is 81.1 cm³/mol. The summed E-state index contributed by atoms with van der Waals surface area (Å²) in [5, 5.41) is 16.3. The van der Waals surface area contributed by atoms with Crippen molar-refractivity contribution in [3.63, 3.8) is 0 Å². The first kappa shape index (κ1) is 15.1. The Kier molecular flexibility index (Phi) is 4.94. The Bertz CT molecular complexity index is 590. The summed E-state index contributed by atoms with van der Waals surface area (Å²) in [4.78, 5) is 13.3. The molecule has 1 amide bonds. The number of aliphatic hydroxyl groups excluding tert-OH is 1. The van der Waals surface area contributed by atoms with Gasteiger partial charge in [-0.1, -0.05) is 0 Å². The standard InChI is InChI=1S/C15H20N4O2/c1-18(2)15(21)13-3-5-14(6-4-13)16-9-12-10-17-19(11-12)7-8-20/h3-6,10-11,16,20H,7-9H2,1-2H3. The zero-order chi connectivity index (χ0) is 15.2. The molecule has 112 valence electrons. The van der Waals surface area contributed by atoms with Gasteiger partial charge in [-0.2, -0.15) is 5.10 Å². The van der Waals surface area contributed by atoms with E-state index in [0.29, 0.717) is 18.7 Å². The van der Waals surface area contributed by atoms with Gasteiger partial charge in [0.2, 0.25) is 0 Å². The first-order valence-electron chi connectivity index (χ1n) is 6.78. The van der Waals surface area contributed by atoms with Crippen LogP contribution in [0.3, 0.4) is 0 Å². The molecule has 21 heavy (non-hydrogen) atoms. The molecule has 0 unspecified atom stereocenters. The fraction of sp³-hybridized carbons (Fsp3) is 0.333. The maximum Gasteiger partial charge on any atom is 0.253 e. The van der Waals surface area contributed by atoms with Gasteiger partial charge in [0.25, 0.3) is 5.91 Å². The summed E-state index contributed by atoms with van der Waals surface area (Å²) in [5.41, 5.74) is 2.65. The van der Waals surface area contributed by atoms with Crippen LogP contribution in [0.15, 0.2) is 36.7 Å². The van der Waals surface area contributed by atoms with Crippen molar-refractivity contribution in [3.05, 3.63) is 47.8 Å². The lowest BCUT2D eigenvalue weighted by atomic mass is 10.2. The monoisotopic (exact) mass is 288 g/mol. The number of rotatable bonds is 6. The van der Waals surface area contributed by atoms with Gasteiger partial charge in [0.15, 0.2) is 0 Å². The average molecular weight is 288 g/mol. The lowest BCUT2D eigenvalue weighted by molar-refractivity contribution is 0.0827. The van der Waals surface area contributed by atoms with Gasteiger partial charge in [0.1, 0.15) is 0 Å². The van der Waals surface area contributed by atoms with Crippen LogP contribution >= 0.6 is 0 Å². The van der Waals surface area contributed by atoms with E-state index in [1.807, 2.05) is 18.3 Å². The number of anilines is 1. The molecule has 0 aliphatic heterocycles. The predicted octanol–water partition coefficient (Wildman–Crippen LogP) is 1.19. The van der Waals surface area contributed by atoms with Gasteiger partial charge in [0, 0.05) is 43.7 Å². The highest BCUT2D eigenvalue weighted by atomic mass is 16.3. The third kappa shape index (κ3) is 4.06. The summed E-state index contributed by atoms with van der Waals surface area (Å²) in [6.45, 7) is 1.23. The Morgan fingerprint density at radius 2 is 2.05 bits per heavy atom. The molecule has 1 aromatic carbocycles. The molecule has 0 saturated heterocycles. The molecule has 2 rings (SSSR count). The molecule has 0 atom stereocenters. The summed E-state index contributed by atoms with van der Waals surface area (Å²) in [6, 6.07) is 7.38. The van der Waals surface area contributed by atoms with Crippen molar-refractivity contribution >= 4 is 11.6 Å². The highest BCUT2D eigenvalue weighted by Crippen LogP contribution is 2.12. The van der Waals surface area contributed by atoms with Crippen LogP contribution in [0.25, 0.3) is 0 Å². The van der Waals surface area contributed by atoms with Crippen molar-refractivity contribution < 1.29 is 9.90 Å². The van der Waals surface area contributed by atoms with Crippen LogP contribution in [-0.4, -0.2) is 46.4 Å². The Morgan fingerprint density at radius 3 is 2.67 bits per heavy atom.